The van der Waals surface area contributed by atoms with Crippen molar-refractivity contribution < 1.29 is 19.8 Å². The molecule has 4 nitrogen and oxygen atoms in total. The first-order chi connectivity index (χ1) is 13.6. The fourth-order valence-corrected chi connectivity index (χ4v) is 4.96. The zero-order chi connectivity index (χ0) is 23.3. The van der Waals surface area contributed by atoms with Gasteiger partial charge in [-0.1, -0.05) is 67.5 Å². The van der Waals surface area contributed by atoms with Gasteiger partial charge in [-0.25, -0.2) is 0 Å². The number of aryl methyl sites for hydroxylation is 1. The first kappa shape index (κ1) is 26.2. The van der Waals surface area contributed by atoms with Crippen LogP contribution in [0.15, 0.2) is 12.1 Å². The summed E-state index contributed by atoms with van der Waals surface area (Å²) in [6.45, 7) is 17.3. The number of carboxylic acid groups (broad SMARTS) is 2. The molecule has 1 aromatic carbocycles. The molecule has 0 fully saturated rings. The van der Waals surface area contributed by atoms with E-state index in [2.05, 4.69) is 55.4 Å². The lowest BCUT2D eigenvalue weighted by molar-refractivity contribution is -0.255. The molecule has 0 unspecified atom stereocenters. The number of carbonyl (C=O) groups is 2. The highest BCUT2D eigenvalue weighted by atomic mass is 16.4. The van der Waals surface area contributed by atoms with Crippen LogP contribution >= 0.6 is 0 Å². The monoisotopic (exact) mass is 416 g/mol. The summed E-state index contributed by atoms with van der Waals surface area (Å²) < 4.78 is 0. The van der Waals surface area contributed by atoms with E-state index < -0.39 is 11.9 Å². The average molecular weight is 417 g/mol. The average Bonchev–Trinajstić information content (AvgIpc) is 2.55. The second-order valence-electron chi connectivity index (χ2n) is 11.2. The number of carboxylic acids is 2. The van der Waals surface area contributed by atoms with Crippen molar-refractivity contribution in [2.75, 3.05) is 0 Å². The molecule has 30 heavy (non-hydrogen) atoms. The molecule has 0 spiro atoms. The van der Waals surface area contributed by atoms with Crippen molar-refractivity contribution in [1.82, 2.24) is 0 Å². The quantitative estimate of drug-likeness (QED) is 0.505. The minimum atomic E-state index is -1.33. The maximum Gasteiger partial charge on any atom is 0.0721 e. The Morgan fingerprint density at radius 1 is 0.800 bits per heavy atom. The van der Waals surface area contributed by atoms with Crippen LogP contribution in [0, 0.1) is 22.7 Å². The van der Waals surface area contributed by atoms with E-state index in [0.29, 0.717) is 42.2 Å². The molecule has 0 radical (unpaired) electrons. The van der Waals surface area contributed by atoms with E-state index in [1.54, 1.807) is 6.07 Å². The van der Waals surface area contributed by atoms with Crippen molar-refractivity contribution in [2.24, 2.45) is 22.7 Å². The molecule has 0 atom stereocenters. The van der Waals surface area contributed by atoms with Gasteiger partial charge in [0, 0.05) is 11.1 Å². The standard InChI is InChI=1S/C26H42O4/c1-17(2)15-25(5,6)13-11-19-9-10-21(23(27)28)20(22(19)24(29)30)12-14-26(7,8)16-18(3)4/h9-10,17-18H,11-16H2,1-8H3,(H,27,28)(H,29,30)/p-2. The number of hydrogen-bond acceptors (Lipinski definition) is 4. The van der Waals surface area contributed by atoms with E-state index in [4.69, 9.17) is 0 Å². The van der Waals surface area contributed by atoms with Gasteiger partial charge in [0.2, 0.25) is 0 Å². The minimum absolute atomic E-state index is 0.0180. The molecule has 0 bridgehead atoms. The Hall–Kier alpha value is -1.84. The van der Waals surface area contributed by atoms with Gasteiger partial charge >= 0.3 is 0 Å². The molecule has 0 N–H and O–H groups in total. The predicted octanol–water partition coefficient (Wildman–Crippen LogP) is 4.42. The highest BCUT2D eigenvalue weighted by molar-refractivity contribution is 5.96. The van der Waals surface area contributed by atoms with Crippen molar-refractivity contribution in [1.29, 1.82) is 0 Å². The van der Waals surface area contributed by atoms with E-state index in [-0.39, 0.29) is 22.0 Å². The molecule has 0 saturated carbocycles. The summed E-state index contributed by atoms with van der Waals surface area (Å²) in [5.41, 5.74) is 1.09. The molecule has 1 rings (SSSR count). The lowest BCUT2D eigenvalue weighted by atomic mass is 9.77. The van der Waals surface area contributed by atoms with Crippen LogP contribution < -0.4 is 10.2 Å². The highest BCUT2D eigenvalue weighted by Crippen LogP contribution is 2.34. The normalized spacial score (nSPS) is 12.6. The van der Waals surface area contributed by atoms with Crippen molar-refractivity contribution in [2.45, 2.75) is 93.9 Å². The summed E-state index contributed by atoms with van der Waals surface area (Å²) in [5, 5.41) is 23.8. The maximum atomic E-state index is 12.1. The van der Waals surface area contributed by atoms with Crippen LogP contribution in [-0.4, -0.2) is 11.9 Å². The molecule has 0 saturated heterocycles. The number of benzene rings is 1. The number of rotatable bonds is 12. The molecule has 170 valence electrons. The van der Waals surface area contributed by atoms with Gasteiger partial charge < -0.3 is 19.8 Å². The van der Waals surface area contributed by atoms with Crippen LogP contribution in [0.3, 0.4) is 0 Å². The number of aromatic carboxylic acids is 2. The molecule has 0 aromatic heterocycles. The summed E-state index contributed by atoms with van der Waals surface area (Å²) in [6.07, 6.45) is 4.52. The Balaban J connectivity index is 3.28. The fraction of sp³-hybridized carbons (Fsp3) is 0.692. The van der Waals surface area contributed by atoms with Crippen LogP contribution in [-0.2, 0) is 12.8 Å². The summed E-state index contributed by atoms with van der Waals surface area (Å²) in [4.78, 5) is 23.8. The highest BCUT2D eigenvalue weighted by Gasteiger charge is 2.24. The van der Waals surface area contributed by atoms with E-state index in [1.807, 2.05) is 0 Å². The van der Waals surface area contributed by atoms with Crippen LogP contribution in [0.5, 0.6) is 0 Å². The van der Waals surface area contributed by atoms with Crippen LogP contribution in [0.4, 0.5) is 0 Å². The second-order valence-corrected chi connectivity index (χ2v) is 11.2. The summed E-state index contributed by atoms with van der Waals surface area (Å²) in [6, 6.07) is 3.14. The Kier molecular flexibility index (Phi) is 9.13. The Labute approximate surface area is 183 Å². The third-order valence-electron chi connectivity index (χ3n) is 5.87. The minimum Gasteiger partial charge on any atom is -0.545 e. The van der Waals surface area contributed by atoms with Crippen LogP contribution in [0.2, 0.25) is 0 Å². The van der Waals surface area contributed by atoms with Gasteiger partial charge in [0.25, 0.3) is 0 Å². The van der Waals surface area contributed by atoms with Crippen molar-refractivity contribution in [3.8, 4) is 0 Å². The lowest BCUT2D eigenvalue weighted by Crippen LogP contribution is -2.30. The zero-order valence-corrected chi connectivity index (χ0v) is 20.2. The topological polar surface area (TPSA) is 80.3 Å². The third kappa shape index (κ3) is 8.12. The third-order valence-corrected chi connectivity index (χ3v) is 5.87. The van der Waals surface area contributed by atoms with Crippen molar-refractivity contribution >= 4 is 11.9 Å². The fourth-order valence-electron chi connectivity index (χ4n) is 4.96. The first-order valence-electron chi connectivity index (χ1n) is 11.2. The van der Waals surface area contributed by atoms with E-state index in [0.717, 1.165) is 19.3 Å². The molecule has 0 heterocycles. The largest absolute Gasteiger partial charge is 0.545 e. The lowest BCUT2D eigenvalue weighted by Gasteiger charge is -2.30. The van der Waals surface area contributed by atoms with Crippen molar-refractivity contribution in [3.63, 3.8) is 0 Å². The Morgan fingerprint density at radius 2 is 1.27 bits per heavy atom. The van der Waals surface area contributed by atoms with Gasteiger partial charge in [-0.3, -0.25) is 0 Å². The molecule has 1 aromatic rings. The van der Waals surface area contributed by atoms with E-state index >= 15 is 0 Å². The Morgan fingerprint density at radius 3 is 1.67 bits per heavy atom. The molecule has 4 heteroatoms. The maximum absolute atomic E-state index is 12.1. The smallest absolute Gasteiger partial charge is 0.0721 e. The second kappa shape index (κ2) is 10.5. The molecule has 0 aliphatic rings. The SMILES string of the molecule is CC(C)CC(C)(C)CCc1ccc(C(=O)[O-])c(CCC(C)(C)CC(C)C)c1C(=O)[O-]. The number of hydrogen-bond donors (Lipinski definition) is 0. The van der Waals surface area contributed by atoms with E-state index in [9.17, 15) is 19.8 Å². The molecule has 0 aliphatic carbocycles. The van der Waals surface area contributed by atoms with Crippen molar-refractivity contribution in [3.05, 3.63) is 34.4 Å². The Bertz CT molecular complexity index is 742. The predicted molar refractivity (Wildman–Crippen MR) is 118 cm³/mol. The number of carbonyl (C=O) groups excluding carboxylic acids is 2. The van der Waals surface area contributed by atoms with Gasteiger partial charge in [0.15, 0.2) is 0 Å². The van der Waals surface area contributed by atoms with Gasteiger partial charge in [0.1, 0.15) is 0 Å². The summed E-state index contributed by atoms with van der Waals surface area (Å²) >= 11 is 0. The van der Waals surface area contributed by atoms with E-state index in [1.165, 1.54) is 6.07 Å². The molecule has 0 amide bonds. The molecular weight excluding hydrogens is 376 g/mol. The van der Waals surface area contributed by atoms with Crippen LogP contribution in [0.1, 0.15) is 113 Å². The first-order valence-corrected chi connectivity index (χ1v) is 11.2. The molecule has 0 aliphatic heterocycles. The van der Waals surface area contributed by atoms with Gasteiger partial charge in [-0.2, -0.15) is 0 Å². The van der Waals surface area contributed by atoms with Gasteiger partial charge in [-0.15, -0.1) is 0 Å². The van der Waals surface area contributed by atoms with Gasteiger partial charge in [-0.05, 0) is 72.3 Å². The zero-order valence-electron chi connectivity index (χ0n) is 20.2. The molecular formula is C26H40O4-2. The summed E-state index contributed by atoms with van der Waals surface area (Å²) in [7, 11) is 0. The van der Waals surface area contributed by atoms with Crippen LogP contribution in [0.25, 0.3) is 0 Å². The van der Waals surface area contributed by atoms with Gasteiger partial charge in [0.05, 0.1) is 11.9 Å². The summed E-state index contributed by atoms with van der Waals surface area (Å²) in [5.74, 6) is -1.57.